The third-order valence-electron chi connectivity index (χ3n) is 2.53. The Kier molecular flexibility index (Phi) is 4.63. The highest BCUT2D eigenvalue weighted by atomic mass is 32.2. The first-order chi connectivity index (χ1) is 9.15. The molecule has 5 heteroatoms. The number of aromatic nitrogens is 1. The van der Waals surface area contributed by atoms with E-state index in [9.17, 15) is 4.79 Å². The Hall–Kier alpha value is -1.75. The van der Waals surface area contributed by atoms with Crippen molar-refractivity contribution < 1.29 is 9.32 Å². The Balaban J connectivity index is 1.72. The lowest BCUT2D eigenvalue weighted by Crippen LogP contribution is -2.25. The van der Waals surface area contributed by atoms with Crippen LogP contribution in [0.3, 0.4) is 0 Å². The average Bonchev–Trinajstić information content (AvgIpc) is 2.83. The van der Waals surface area contributed by atoms with Crippen LogP contribution in [-0.4, -0.2) is 23.4 Å². The summed E-state index contributed by atoms with van der Waals surface area (Å²) in [4.78, 5) is 12.9. The van der Waals surface area contributed by atoms with Gasteiger partial charge in [0.25, 0.3) is 5.91 Å². The largest absolute Gasteiger partial charge is 0.351 e. The van der Waals surface area contributed by atoms with E-state index in [0.717, 1.165) is 5.75 Å². The smallest absolute Gasteiger partial charge is 0.289 e. The number of carbonyl (C=O) groups is 1. The van der Waals surface area contributed by atoms with Crippen LogP contribution in [-0.2, 0) is 0 Å². The number of thioether (sulfide) groups is 1. The molecule has 4 nitrogen and oxygen atoms in total. The number of nitrogens with zero attached hydrogens (tertiary/aromatic N) is 1. The number of rotatable bonds is 5. The zero-order valence-electron chi connectivity index (χ0n) is 11.0. The Morgan fingerprint density at radius 1 is 1.32 bits per heavy atom. The third kappa shape index (κ3) is 4.13. The second-order valence-corrected chi connectivity index (χ2v) is 5.42. The van der Waals surface area contributed by atoms with E-state index >= 15 is 0 Å². The van der Waals surface area contributed by atoms with Gasteiger partial charge in [0.15, 0.2) is 0 Å². The van der Waals surface area contributed by atoms with Crippen LogP contribution < -0.4 is 5.32 Å². The maximum atomic E-state index is 11.7. The molecular weight excluding hydrogens is 260 g/mol. The van der Waals surface area contributed by atoms with Crippen LogP contribution in [0.15, 0.2) is 39.8 Å². The number of hydrogen-bond donors (Lipinski definition) is 1. The van der Waals surface area contributed by atoms with Crippen LogP contribution in [0.1, 0.15) is 21.8 Å². The molecule has 0 saturated carbocycles. The van der Waals surface area contributed by atoms with Crippen molar-refractivity contribution in [1.29, 1.82) is 0 Å². The number of benzene rings is 1. The second kappa shape index (κ2) is 6.43. The van der Waals surface area contributed by atoms with Crippen molar-refractivity contribution >= 4 is 17.7 Å². The molecule has 0 aliphatic rings. The van der Waals surface area contributed by atoms with E-state index in [1.54, 1.807) is 24.8 Å². The van der Waals surface area contributed by atoms with Gasteiger partial charge < -0.3 is 9.84 Å². The Morgan fingerprint density at radius 3 is 2.68 bits per heavy atom. The fourth-order valence-electron chi connectivity index (χ4n) is 1.53. The quantitative estimate of drug-likeness (QED) is 0.674. The summed E-state index contributed by atoms with van der Waals surface area (Å²) in [5.74, 6) is 0.866. The van der Waals surface area contributed by atoms with Gasteiger partial charge in [-0.2, -0.15) is 0 Å². The predicted molar refractivity (Wildman–Crippen MR) is 75.5 cm³/mol. The number of carbonyl (C=O) groups excluding carboxylic acids is 1. The van der Waals surface area contributed by atoms with Crippen molar-refractivity contribution in [1.82, 2.24) is 10.5 Å². The summed E-state index contributed by atoms with van der Waals surface area (Å²) in [5.41, 5.74) is 1.96. The number of hydrogen-bond acceptors (Lipinski definition) is 4. The molecule has 0 aliphatic heterocycles. The zero-order valence-corrected chi connectivity index (χ0v) is 11.8. The van der Waals surface area contributed by atoms with E-state index in [0.29, 0.717) is 12.2 Å². The van der Waals surface area contributed by atoms with Gasteiger partial charge >= 0.3 is 0 Å². The van der Waals surface area contributed by atoms with Gasteiger partial charge in [-0.1, -0.05) is 22.9 Å². The van der Waals surface area contributed by atoms with E-state index in [1.807, 2.05) is 0 Å². The molecule has 19 heavy (non-hydrogen) atoms. The topological polar surface area (TPSA) is 55.1 Å². The summed E-state index contributed by atoms with van der Waals surface area (Å²) in [6.07, 6.45) is 0. The van der Waals surface area contributed by atoms with Gasteiger partial charge in [-0.15, -0.1) is 11.8 Å². The van der Waals surface area contributed by atoms with E-state index in [-0.39, 0.29) is 11.7 Å². The third-order valence-corrected chi connectivity index (χ3v) is 3.54. The fraction of sp³-hybridized carbons (Fsp3) is 0.286. The van der Waals surface area contributed by atoms with Gasteiger partial charge in [-0.3, -0.25) is 4.79 Å². The molecule has 0 atom stereocenters. The van der Waals surface area contributed by atoms with Gasteiger partial charge in [0.1, 0.15) is 0 Å². The van der Waals surface area contributed by atoms with Crippen molar-refractivity contribution in [3.8, 4) is 0 Å². The first-order valence-electron chi connectivity index (χ1n) is 6.06. The normalized spacial score (nSPS) is 10.4. The summed E-state index contributed by atoms with van der Waals surface area (Å²) in [6, 6.07) is 9.96. The molecule has 0 fully saturated rings. The molecular formula is C14H16N2O2S. The molecule has 0 spiro atoms. The number of amides is 1. The monoisotopic (exact) mass is 276 g/mol. The Labute approximate surface area is 116 Å². The van der Waals surface area contributed by atoms with Gasteiger partial charge in [0.2, 0.25) is 5.76 Å². The summed E-state index contributed by atoms with van der Waals surface area (Å²) in [5, 5.41) is 6.48. The summed E-state index contributed by atoms with van der Waals surface area (Å²) < 4.78 is 4.89. The van der Waals surface area contributed by atoms with E-state index in [4.69, 9.17) is 4.52 Å². The van der Waals surface area contributed by atoms with Crippen molar-refractivity contribution in [3.63, 3.8) is 0 Å². The average molecular weight is 276 g/mol. The van der Waals surface area contributed by atoms with E-state index < -0.39 is 0 Å². The first kappa shape index (κ1) is 13.7. The lowest BCUT2D eigenvalue weighted by Gasteiger charge is -2.03. The summed E-state index contributed by atoms with van der Waals surface area (Å²) in [6.45, 7) is 4.44. The van der Waals surface area contributed by atoms with Crippen molar-refractivity contribution in [2.75, 3.05) is 12.3 Å². The van der Waals surface area contributed by atoms with Gasteiger partial charge in [-0.05, 0) is 26.0 Å². The SMILES string of the molecule is Cc1ccc(SCCNC(=O)c2cc(C)no2)cc1. The van der Waals surface area contributed by atoms with Crippen LogP contribution in [0.2, 0.25) is 0 Å². The van der Waals surface area contributed by atoms with Crippen molar-refractivity contribution in [2.45, 2.75) is 18.7 Å². The highest BCUT2D eigenvalue weighted by Crippen LogP contribution is 2.17. The standard InChI is InChI=1S/C14H16N2O2S/c1-10-3-5-12(6-4-10)19-8-7-15-14(17)13-9-11(2)16-18-13/h3-6,9H,7-8H2,1-2H3,(H,15,17). The predicted octanol–water partition coefficient (Wildman–Crippen LogP) is 2.81. The lowest BCUT2D eigenvalue weighted by molar-refractivity contribution is 0.0919. The lowest BCUT2D eigenvalue weighted by atomic mass is 10.2. The molecule has 0 bridgehead atoms. The number of aryl methyl sites for hydroxylation is 2. The molecule has 0 saturated heterocycles. The first-order valence-corrected chi connectivity index (χ1v) is 7.05. The molecule has 0 aliphatic carbocycles. The molecule has 1 heterocycles. The summed E-state index contributed by atoms with van der Waals surface area (Å²) >= 11 is 1.71. The van der Waals surface area contributed by atoms with Crippen LogP contribution >= 0.6 is 11.8 Å². The molecule has 1 aromatic heterocycles. The Morgan fingerprint density at radius 2 is 2.05 bits per heavy atom. The molecule has 1 amide bonds. The molecule has 2 aromatic rings. The number of nitrogens with one attached hydrogen (secondary N) is 1. The molecule has 0 unspecified atom stereocenters. The molecule has 0 radical (unpaired) electrons. The minimum absolute atomic E-state index is 0.217. The van der Waals surface area contributed by atoms with Crippen LogP contribution in [0.4, 0.5) is 0 Å². The maximum absolute atomic E-state index is 11.7. The van der Waals surface area contributed by atoms with Crippen LogP contribution in [0, 0.1) is 13.8 Å². The Bertz CT molecular complexity index is 549. The van der Waals surface area contributed by atoms with Gasteiger partial charge in [-0.25, -0.2) is 0 Å². The van der Waals surface area contributed by atoms with Crippen molar-refractivity contribution in [2.24, 2.45) is 0 Å². The minimum Gasteiger partial charge on any atom is -0.351 e. The van der Waals surface area contributed by atoms with E-state index in [2.05, 4.69) is 41.7 Å². The highest BCUT2D eigenvalue weighted by Gasteiger charge is 2.10. The van der Waals surface area contributed by atoms with Gasteiger partial charge in [0.05, 0.1) is 5.69 Å². The minimum atomic E-state index is -0.217. The summed E-state index contributed by atoms with van der Waals surface area (Å²) in [7, 11) is 0. The molecule has 100 valence electrons. The van der Waals surface area contributed by atoms with Gasteiger partial charge in [0, 0.05) is 23.3 Å². The molecule has 1 N–H and O–H groups in total. The second-order valence-electron chi connectivity index (χ2n) is 4.25. The van der Waals surface area contributed by atoms with Crippen molar-refractivity contribution in [3.05, 3.63) is 47.3 Å². The zero-order chi connectivity index (χ0) is 13.7. The highest BCUT2D eigenvalue weighted by molar-refractivity contribution is 7.99. The van der Waals surface area contributed by atoms with E-state index in [1.165, 1.54) is 10.5 Å². The maximum Gasteiger partial charge on any atom is 0.289 e. The van der Waals surface area contributed by atoms with Crippen LogP contribution in [0.5, 0.6) is 0 Å². The molecule has 1 aromatic carbocycles. The van der Waals surface area contributed by atoms with Crippen LogP contribution in [0.25, 0.3) is 0 Å². The molecule has 2 rings (SSSR count). The fourth-order valence-corrected chi connectivity index (χ4v) is 2.29.